The van der Waals surface area contributed by atoms with Gasteiger partial charge in [-0.05, 0) is 36.6 Å². The van der Waals surface area contributed by atoms with Gasteiger partial charge >= 0.3 is 0 Å². The Kier molecular flexibility index (Phi) is 5.09. The van der Waals surface area contributed by atoms with Crippen LogP contribution in [-0.4, -0.2) is 45.8 Å². The van der Waals surface area contributed by atoms with Crippen LogP contribution in [0.15, 0.2) is 41.3 Å². The van der Waals surface area contributed by atoms with E-state index in [1.807, 2.05) is 12.1 Å². The number of aromatic nitrogens is 4. The Balaban J connectivity index is 1.52. The van der Waals surface area contributed by atoms with Crippen LogP contribution in [0.1, 0.15) is 18.4 Å². The number of aryl methyl sites for hydroxylation is 1. The molecule has 11 heteroatoms. The molecule has 1 aliphatic rings. The van der Waals surface area contributed by atoms with Crippen molar-refractivity contribution in [2.45, 2.75) is 24.1 Å². The Morgan fingerprint density at radius 1 is 1.24 bits per heavy atom. The normalized spacial score (nSPS) is 15.1. The highest BCUT2D eigenvalue weighted by Gasteiger charge is 2.53. The second-order valence-electron chi connectivity index (χ2n) is 8.42. The molecule has 1 aromatic carbocycles. The van der Waals surface area contributed by atoms with Crippen LogP contribution in [0.5, 0.6) is 5.88 Å². The smallest absolute Gasteiger partial charge is 0.264 e. The monoisotopic (exact) mass is 487 g/mol. The second-order valence-corrected chi connectivity index (χ2v) is 11.3. The predicted molar refractivity (Wildman–Crippen MR) is 128 cm³/mol. The summed E-state index contributed by atoms with van der Waals surface area (Å²) >= 11 is 5.94. The molecule has 0 saturated heterocycles. The van der Waals surface area contributed by atoms with Gasteiger partial charge in [0.15, 0.2) is 15.7 Å². The van der Waals surface area contributed by atoms with E-state index in [1.165, 1.54) is 10.8 Å². The molecule has 172 valence electrons. The van der Waals surface area contributed by atoms with Gasteiger partial charge in [-0.2, -0.15) is 5.10 Å². The Labute approximate surface area is 194 Å². The second kappa shape index (κ2) is 7.74. The number of pyridine rings is 2. The molecule has 0 amide bonds. The zero-order valence-electron chi connectivity index (χ0n) is 18.1. The van der Waals surface area contributed by atoms with Gasteiger partial charge in [0, 0.05) is 36.5 Å². The molecule has 1 saturated carbocycles. The van der Waals surface area contributed by atoms with Crippen molar-refractivity contribution in [3.05, 3.63) is 57.5 Å². The molecule has 3 heterocycles. The number of ether oxygens (including phenoxy) is 1. The zero-order chi connectivity index (χ0) is 23.4. The highest BCUT2D eigenvalue weighted by Crippen LogP contribution is 2.43. The number of halogens is 1. The summed E-state index contributed by atoms with van der Waals surface area (Å²) in [7, 11) is -1.61. The van der Waals surface area contributed by atoms with E-state index < -0.39 is 14.6 Å². The van der Waals surface area contributed by atoms with Gasteiger partial charge in [0.1, 0.15) is 22.3 Å². The SMILES string of the molecule is Cn1c(=O)c2c(NCc3ccc(Cl)cc3)n[nH]c2c2ccnc(OCC3(S(C)(=O)=O)CC3)c21. The molecule has 2 N–H and O–H groups in total. The number of sulfone groups is 1. The first kappa shape index (κ1) is 21.7. The lowest BCUT2D eigenvalue weighted by atomic mass is 10.2. The van der Waals surface area contributed by atoms with E-state index in [0.717, 1.165) is 5.56 Å². The molecule has 1 aliphatic carbocycles. The lowest BCUT2D eigenvalue weighted by molar-refractivity contribution is 0.297. The fourth-order valence-electron chi connectivity index (χ4n) is 3.96. The fourth-order valence-corrected chi connectivity index (χ4v) is 5.20. The third kappa shape index (κ3) is 3.72. The minimum Gasteiger partial charge on any atom is -0.474 e. The average molecular weight is 488 g/mol. The molecule has 0 bridgehead atoms. The summed E-state index contributed by atoms with van der Waals surface area (Å²) in [6.45, 7) is 0.470. The minimum absolute atomic E-state index is 0.00104. The Hall–Kier alpha value is -3.11. The summed E-state index contributed by atoms with van der Waals surface area (Å²) in [6, 6.07) is 9.18. The van der Waals surface area contributed by atoms with Crippen molar-refractivity contribution in [2.24, 2.45) is 7.05 Å². The van der Waals surface area contributed by atoms with E-state index in [-0.39, 0.29) is 18.0 Å². The number of H-pyrrole nitrogens is 1. The molecule has 3 aromatic heterocycles. The summed E-state index contributed by atoms with van der Waals surface area (Å²) in [6.07, 6.45) is 3.91. The van der Waals surface area contributed by atoms with Gasteiger partial charge in [0.2, 0.25) is 5.88 Å². The number of fused-ring (bicyclic) bond motifs is 3. The molecule has 5 rings (SSSR count). The zero-order valence-corrected chi connectivity index (χ0v) is 19.6. The van der Waals surface area contributed by atoms with E-state index in [0.29, 0.717) is 52.0 Å². The van der Waals surface area contributed by atoms with Gasteiger partial charge in [-0.25, -0.2) is 13.4 Å². The molecule has 0 spiro atoms. The molecule has 0 unspecified atom stereocenters. The first-order valence-corrected chi connectivity index (χ1v) is 12.6. The van der Waals surface area contributed by atoms with Crippen LogP contribution in [0.4, 0.5) is 5.82 Å². The summed E-state index contributed by atoms with van der Waals surface area (Å²) < 4.78 is 30.7. The van der Waals surface area contributed by atoms with Crippen LogP contribution >= 0.6 is 11.6 Å². The van der Waals surface area contributed by atoms with E-state index in [4.69, 9.17) is 16.3 Å². The van der Waals surface area contributed by atoms with E-state index in [2.05, 4.69) is 20.5 Å². The van der Waals surface area contributed by atoms with Crippen molar-refractivity contribution in [1.82, 2.24) is 19.7 Å². The summed E-state index contributed by atoms with van der Waals surface area (Å²) in [5.74, 6) is 0.657. The van der Waals surface area contributed by atoms with E-state index in [9.17, 15) is 13.2 Å². The van der Waals surface area contributed by atoms with Crippen LogP contribution in [0.2, 0.25) is 5.02 Å². The standard InChI is InChI=1S/C22H22ClN5O4S/c1-28-18-15(7-10-24-20(18)32-12-22(8-9-22)33(2,30)31)17-16(21(28)29)19(27-26-17)25-11-13-3-5-14(23)6-4-13/h3-7,10H,8-9,11-12H2,1-2H3,(H2,25,26,27). The Bertz CT molecular complexity index is 1540. The molecule has 0 radical (unpaired) electrons. The topological polar surface area (TPSA) is 119 Å². The average Bonchev–Trinajstić information content (AvgIpc) is 3.48. The minimum atomic E-state index is -3.25. The van der Waals surface area contributed by atoms with Crippen molar-refractivity contribution < 1.29 is 13.2 Å². The van der Waals surface area contributed by atoms with E-state index in [1.54, 1.807) is 31.4 Å². The summed E-state index contributed by atoms with van der Waals surface area (Å²) in [5.41, 5.74) is 1.76. The maximum Gasteiger partial charge on any atom is 0.264 e. The van der Waals surface area contributed by atoms with Crippen LogP contribution < -0.4 is 15.6 Å². The number of rotatable bonds is 7. The molecule has 4 aromatic rings. The van der Waals surface area contributed by atoms with Crippen molar-refractivity contribution in [1.29, 1.82) is 0 Å². The maximum atomic E-state index is 13.3. The molecule has 0 aliphatic heterocycles. The van der Waals surface area contributed by atoms with Crippen molar-refractivity contribution in [3.63, 3.8) is 0 Å². The Morgan fingerprint density at radius 2 is 1.97 bits per heavy atom. The first-order valence-electron chi connectivity index (χ1n) is 10.4. The predicted octanol–water partition coefficient (Wildman–Crippen LogP) is 3.03. The van der Waals surface area contributed by atoms with Crippen molar-refractivity contribution in [2.75, 3.05) is 18.2 Å². The number of nitrogens with one attached hydrogen (secondary N) is 2. The lowest BCUT2D eigenvalue weighted by Gasteiger charge is -2.16. The van der Waals surface area contributed by atoms with Crippen LogP contribution in [0.3, 0.4) is 0 Å². The van der Waals surface area contributed by atoms with Gasteiger partial charge in [0.25, 0.3) is 5.56 Å². The summed E-state index contributed by atoms with van der Waals surface area (Å²) in [5, 5.41) is 12.3. The number of hydrogen-bond donors (Lipinski definition) is 2. The van der Waals surface area contributed by atoms with Gasteiger partial charge in [-0.1, -0.05) is 23.7 Å². The number of hydrogen-bond acceptors (Lipinski definition) is 7. The van der Waals surface area contributed by atoms with Gasteiger partial charge < -0.3 is 14.6 Å². The molecule has 33 heavy (non-hydrogen) atoms. The van der Waals surface area contributed by atoms with Crippen LogP contribution in [0.25, 0.3) is 21.8 Å². The summed E-state index contributed by atoms with van der Waals surface area (Å²) in [4.78, 5) is 17.6. The third-order valence-electron chi connectivity index (χ3n) is 6.22. The van der Waals surface area contributed by atoms with Crippen LogP contribution in [-0.2, 0) is 23.4 Å². The van der Waals surface area contributed by atoms with Gasteiger partial charge in [-0.15, -0.1) is 0 Å². The largest absolute Gasteiger partial charge is 0.474 e. The van der Waals surface area contributed by atoms with Crippen molar-refractivity contribution >= 4 is 49.1 Å². The highest BCUT2D eigenvalue weighted by atomic mass is 35.5. The lowest BCUT2D eigenvalue weighted by Crippen LogP contribution is -2.29. The highest BCUT2D eigenvalue weighted by molar-refractivity contribution is 7.92. The quantitative estimate of drug-likeness (QED) is 0.411. The van der Waals surface area contributed by atoms with Crippen LogP contribution in [0, 0.1) is 0 Å². The molecule has 0 atom stereocenters. The molecule has 1 fully saturated rings. The first-order chi connectivity index (χ1) is 15.7. The number of aromatic amines is 1. The third-order valence-corrected chi connectivity index (χ3v) is 8.57. The van der Waals surface area contributed by atoms with Gasteiger partial charge in [-0.3, -0.25) is 9.89 Å². The Morgan fingerprint density at radius 3 is 2.64 bits per heavy atom. The number of nitrogens with zero attached hydrogens (tertiary/aromatic N) is 3. The number of benzene rings is 1. The fraction of sp³-hybridized carbons (Fsp3) is 0.318. The van der Waals surface area contributed by atoms with Crippen molar-refractivity contribution in [3.8, 4) is 5.88 Å². The maximum absolute atomic E-state index is 13.3. The number of anilines is 1. The van der Waals surface area contributed by atoms with Gasteiger partial charge in [0.05, 0.1) is 5.52 Å². The molecular formula is C22H22ClN5O4S. The molecule has 9 nitrogen and oxygen atoms in total. The molecular weight excluding hydrogens is 466 g/mol. The van der Waals surface area contributed by atoms with E-state index >= 15 is 0 Å².